The lowest BCUT2D eigenvalue weighted by molar-refractivity contribution is -0.141. The van der Waals surface area contributed by atoms with Gasteiger partial charge < -0.3 is 24.3 Å². The second-order valence-electron chi connectivity index (χ2n) is 13.5. The van der Waals surface area contributed by atoms with Gasteiger partial charge in [0.05, 0.1) is 23.8 Å². The number of rotatable bonds is 12. The van der Waals surface area contributed by atoms with E-state index in [1.165, 1.54) is 25.3 Å². The van der Waals surface area contributed by atoms with Crippen molar-refractivity contribution in [3.63, 3.8) is 0 Å². The van der Waals surface area contributed by atoms with Gasteiger partial charge in [0.25, 0.3) is 5.91 Å². The van der Waals surface area contributed by atoms with Gasteiger partial charge in [-0.2, -0.15) is 9.07 Å². The Kier molecular flexibility index (Phi) is 11.4. The third kappa shape index (κ3) is 7.94. The summed E-state index contributed by atoms with van der Waals surface area (Å²) in [6.07, 6.45) is 1.26. The number of benzene rings is 3. The SMILES string of the molecule is CCN1CCN(C(=O)C2(c3ccccc3)CCN(CC[C@H](CN(C)C(=O)c3cc(-n4nnnc4F)ccc3OC)c3ccc(F)cc3)CC2)CC1. The van der Waals surface area contributed by atoms with Gasteiger partial charge in [-0.25, -0.2) is 4.39 Å². The first-order valence-corrected chi connectivity index (χ1v) is 17.6. The molecular weight excluding hydrogens is 654 g/mol. The Morgan fingerprint density at radius 2 is 1.63 bits per heavy atom. The highest BCUT2D eigenvalue weighted by Gasteiger charge is 2.45. The highest BCUT2D eigenvalue weighted by Crippen LogP contribution is 2.38. The zero-order chi connectivity index (χ0) is 36.0. The number of halogens is 2. The van der Waals surface area contributed by atoms with E-state index in [1.54, 1.807) is 36.2 Å². The first kappa shape index (κ1) is 36.1. The quantitative estimate of drug-likeness (QED) is 0.215. The zero-order valence-electron chi connectivity index (χ0n) is 29.5. The molecule has 0 saturated carbocycles. The fraction of sp³-hybridized carbons (Fsp3) is 0.447. The van der Waals surface area contributed by atoms with Crippen molar-refractivity contribution in [2.45, 2.75) is 37.5 Å². The Bertz CT molecular complexity index is 1770. The molecule has 1 atom stereocenters. The van der Waals surface area contributed by atoms with Crippen LogP contribution in [-0.4, -0.2) is 125 Å². The first-order chi connectivity index (χ1) is 24.7. The molecule has 0 radical (unpaired) electrons. The molecule has 0 bridgehead atoms. The van der Waals surface area contributed by atoms with Crippen LogP contribution in [0.25, 0.3) is 5.69 Å². The van der Waals surface area contributed by atoms with Gasteiger partial charge in [0.15, 0.2) is 0 Å². The molecule has 13 heteroatoms. The Labute approximate surface area is 297 Å². The van der Waals surface area contributed by atoms with Crippen molar-refractivity contribution < 1.29 is 23.1 Å². The van der Waals surface area contributed by atoms with Crippen molar-refractivity contribution in [1.29, 1.82) is 0 Å². The third-order valence-electron chi connectivity index (χ3n) is 10.6. The molecule has 1 aromatic heterocycles. The van der Waals surface area contributed by atoms with Crippen LogP contribution in [0.3, 0.4) is 0 Å². The van der Waals surface area contributed by atoms with Crippen LogP contribution in [0.1, 0.15) is 53.6 Å². The summed E-state index contributed by atoms with van der Waals surface area (Å²) < 4.78 is 34.5. The van der Waals surface area contributed by atoms with Gasteiger partial charge in [-0.15, -0.1) is 0 Å². The lowest BCUT2D eigenvalue weighted by Crippen LogP contribution is -2.57. The number of amides is 2. The van der Waals surface area contributed by atoms with Crippen molar-refractivity contribution in [3.05, 3.63) is 101 Å². The molecule has 2 fully saturated rings. The number of carbonyl (C=O) groups is 2. The molecule has 6 rings (SSSR count). The Morgan fingerprint density at radius 3 is 2.25 bits per heavy atom. The lowest BCUT2D eigenvalue weighted by Gasteiger charge is -2.45. The molecule has 2 saturated heterocycles. The van der Waals surface area contributed by atoms with Gasteiger partial charge in [0.2, 0.25) is 5.91 Å². The number of piperidine rings is 1. The minimum absolute atomic E-state index is 0.108. The van der Waals surface area contributed by atoms with Crippen molar-refractivity contribution in [2.24, 2.45) is 0 Å². The maximum atomic E-state index is 14.3. The Morgan fingerprint density at radius 1 is 0.922 bits per heavy atom. The van der Waals surface area contributed by atoms with Gasteiger partial charge in [-0.1, -0.05) is 54.5 Å². The van der Waals surface area contributed by atoms with E-state index in [-0.39, 0.29) is 34.8 Å². The maximum absolute atomic E-state index is 14.3. The second-order valence-corrected chi connectivity index (χ2v) is 13.5. The highest BCUT2D eigenvalue weighted by molar-refractivity contribution is 5.97. The maximum Gasteiger partial charge on any atom is 0.331 e. The topological polar surface area (TPSA) is 99.9 Å². The predicted octanol–water partition coefficient (Wildman–Crippen LogP) is 4.39. The van der Waals surface area contributed by atoms with Crippen LogP contribution in [0.5, 0.6) is 5.75 Å². The molecule has 0 spiro atoms. The van der Waals surface area contributed by atoms with Crippen molar-refractivity contribution in [2.75, 3.05) is 73.1 Å². The molecule has 2 aliphatic rings. The van der Waals surface area contributed by atoms with E-state index in [9.17, 15) is 18.4 Å². The van der Waals surface area contributed by atoms with Gasteiger partial charge in [0, 0.05) is 45.7 Å². The van der Waals surface area contributed by atoms with E-state index in [1.807, 2.05) is 18.2 Å². The number of methoxy groups -OCH3 is 1. The molecular formula is C38H46F2N8O3. The number of tetrazole rings is 1. The van der Waals surface area contributed by atoms with Crippen LogP contribution < -0.4 is 4.74 Å². The minimum Gasteiger partial charge on any atom is -0.496 e. The number of piperazine rings is 1. The van der Waals surface area contributed by atoms with Crippen molar-refractivity contribution >= 4 is 11.8 Å². The molecule has 0 unspecified atom stereocenters. The second kappa shape index (κ2) is 16.1. The van der Waals surface area contributed by atoms with Gasteiger partial charge in [-0.3, -0.25) is 9.59 Å². The average Bonchev–Trinajstić information content (AvgIpc) is 3.62. The summed E-state index contributed by atoms with van der Waals surface area (Å²) in [6.45, 7) is 9.08. The van der Waals surface area contributed by atoms with Gasteiger partial charge in [0.1, 0.15) is 11.6 Å². The van der Waals surface area contributed by atoms with Crippen LogP contribution in [0.2, 0.25) is 0 Å². The van der Waals surface area contributed by atoms with Gasteiger partial charge >= 0.3 is 6.08 Å². The number of aromatic nitrogens is 4. The molecule has 0 aliphatic carbocycles. The average molecular weight is 701 g/mol. The van der Waals surface area contributed by atoms with E-state index in [0.717, 1.165) is 81.0 Å². The zero-order valence-corrected chi connectivity index (χ0v) is 29.5. The summed E-state index contributed by atoms with van der Waals surface area (Å²) in [5.74, 6) is -0.191. The highest BCUT2D eigenvalue weighted by atomic mass is 19.1. The van der Waals surface area contributed by atoms with Crippen LogP contribution in [0.4, 0.5) is 8.78 Å². The monoisotopic (exact) mass is 700 g/mol. The lowest BCUT2D eigenvalue weighted by atomic mass is 9.71. The van der Waals surface area contributed by atoms with Crippen molar-refractivity contribution in [3.8, 4) is 11.4 Å². The fourth-order valence-electron chi connectivity index (χ4n) is 7.50. The summed E-state index contributed by atoms with van der Waals surface area (Å²) in [5.41, 5.74) is 1.96. The molecule has 11 nitrogen and oxygen atoms in total. The van der Waals surface area contributed by atoms with E-state index in [0.29, 0.717) is 18.7 Å². The number of likely N-dealkylation sites (N-methyl/N-ethyl adjacent to an activating group) is 2. The predicted molar refractivity (Wildman–Crippen MR) is 189 cm³/mol. The summed E-state index contributed by atoms with van der Waals surface area (Å²) in [4.78, 5) is 36.6. The van der Waals surface area contributed by atoms with E-state index in [4.69, 9.17) is 4.74 Å². The number of ether oxygens (including phenoxy) is 1. The Hall–Kier alpha value is -4.75. The molecule has 51 heavy (non-hydrogen) atoms. The molecule has 3 aromatic carbocycles. The third-order valence-corrected chi connectivity index (χ3v) is 10.6. The number of nitrogens with zero attached hydrogens (tertiary/aromatic N) is 8. The van der Waals surface area contributed by atoms with Gasteiger partial charge in [-0.05, 0) is 97.3 Å². The standard InChI is InChI=1S/C38H46F2N8O3/c1-4-45-22-24-47(25-23-45)36(50)38(30-8-6-5-7-9-30)17-20-46(21-18-38)19-16-29(28-10-12-31(39)13-11-28)27-44(2)35(49)33-26-32(14-15-34(33)51-3)48-37(40)41-42-43-48/h5-15,26,29H,4,16-25,27H2,1-3H3/t29-/m1/s1. The van der Waals surface area contributed by atoms with E-state index >= 15 is 0 Å². The first-order valence-electron chi connectivity index (χ1n) is 17.6. The van der Waals surface area contributed by atoms with Crippen molar-refractivity contribution in [1.82, 2.24) is 39.8 Å². The molecule has 2 amide bonds. The smallest absolute Gasteiger partial charge is 0.331 e. The normalized spacial score (nSPS) is 17.2. The summed E-state index contributed by atoms with van der Waals surface area (Å²) >= 11 is 0. The summed E-state index contributed by atoms with van der Waals surface area (Å²) in [6, 6.07) is 21.3. The van der Waals surface area contributed by atoms with E-state index < -0.39 is 11.5 Å². The van der Waals surface area contributed by atoms with Crippen LogP contribution in [0, 0.1) is 11.9 Å². The summed E-state index contributed by atoms with van der Waals surface area (Å²) in [7, 11) is 3.18. The largest absolute Gasteiger partial charge is 0.496 e. The fourth-order valence-corrected chi connectivity index (χ4v) is 7.50. The molecule has 3 heterocycles. The molecule has 0 N–H and O–H groups in total. The summed E-state index contributed by atoms with van der Waals surface area (Å²) in [5, 5.41) is 10.3. The molecule has 4 aromatic rings. The minimum atomic E-state index is -0.902. The number of carbonyl (C=O) groups excluding carboxylic acids is 2. The number of likely N-dealkylation sites (tertiary alicyclic amines) is 1. The Balaban J connectivity index is 1.16. The van der Waals surface area contributed by atoms with Crippen LogP contribution in [0.15, 0.2) is 72.8 Å². The molecule has 2 aliphatic heterocycles. The number of hydrogen-bond donors (Lipinski definition) is 0. The van der Waals surface area contributed by atoms with Crippen LogP contribution in [-0.2, 0) is 10.2 Å². The van der Waals surface area contributed by atoms with Crippen LogP contribution >= 0.6 is 0 Å². The number of hydrogen-bond acceptors (Lipinski definition) is 8. The molecule has 270 valence electrons. The van der Waals surface area contributed by atoms with E-state index in [2.05, 4.69) is 49.3 Å².